The molecule has 6 heteroatoms. The van der Waals surface area contributed by atoms with Gasteiger partial charge in [-0.1, -0.05) is 115 Å². The summed E-state index contributed by atoms with van der Waals surface area (Å²) in [5.74, 6) is 1.84. The van der Waals surface area contributed by atoms with Crippen molar-refractivity contribution in [1.29, 1.82) is 0 Å². The molecule has 0 aliphatic heterocycles. The van der Waals surface area contributed by atoms with Crippen LogP contribution in [0.5, 0.6) is 0 Å². The van der Waals surface area contributed by atoms with E-state index in [9.17, 15) is 0 Å². The van der Waals surface area contributed by atoms with Crippen LogP contribution in [0.25, 0.3) is 109 Å². The third kappa shape index (κ3) is 5.30. The van der Waals surface area contributed by atoms with Crippen molar-refractivity contribution in [3.63, 3.8) is 0 Å². The van der Waals surface area contributed by atoms with E-state index in [1.54, 1.807) is 11.3 Å². The van der Waals surface area contributed by atoms with Crippen LogP contribution in [0.3, 0.4) is 0 Å². The maximum Gasteiger partial charge on any atom is 0.164 e. The number of hydrogen-bond donors (Lipinski definition) is 0. The Bertz CT molecular complexity index is 3140. The number of nitrogens with zero attached hydrogens (tertiary/aromatic N) is 3. The lowest BCUT2D eigenvalue weighted by Gasteiger charge is -2.10. The van der Waals surface area contributed by atoms with Crippen molar-refractivity contribution in [1.82, 2.24) is 15.0 Å². The van der Waals surface area contributed by atoms with E-state index in [4.69, 9.17) is 19.4 Å². The first-order chi connectivity index (χ1) is 26.2. The SMILES string of the molecule is c1ccc2cc(-c3ccc(-c4nc(-c5ccc(-c6cc7sccc7s6)cc5)nc(-c5ccc6c(c5)oc5cc7ccccc7cc56)n4)cc3)ccc2c1. The maximum absolute atomic E-state index is 6.44. The summed E-state index contributed by atoms with van der Waals surface area (Å²) in [6, 6.07) is 55.5. The van der Waals surface area contributed by atoms with Gasteiger partial charge >= 0.3 is 0 Å². The standard InChI is InChI=1S/C47H27N3OS2/c1-2-6-33-23-36(18-11-28(33)5-1)29-9-14-31(15-10-29)45-48-46(32-16-12-30(13-17-32)43-27-44-42(53-43)21-22-52-44)50-47(49-45)37-19-20-38-39-24-34-7-3-4-8-35(34)25-41(39)51-40(38)26-37/h1-27H. The van der Waals surface area contributed by atoms with Crippen molar-refractivity contribution in [3.05, 3.63) is 163 Å². The van der Waals surface area contributed by atoms with Gasteiger partial charge in [0.15, 0.2) is 17.5 Å². The van der Waals surface area contributed by atoms with Crippen molar-refractivity contribution < 1.29 is 4.42 Å². The quantitative estimate of drug-likeness (QED) is 0.178. The Balaban J connectivity index is 1.01. The largest absolute Gasteiger partial charge is 0.456 e. The Labute approximate surface area is 312 Å². The van der Waals surface area contributed by atoms with Crippen LogP contribution in [0.2, 0.25) is 0 Å². The fourth-order valence-corrected chi connectivity index (χ4v) is 9.35. The summed E-state index contributed by atoms with van der Waals surface area (Å²) in [6.45, 7) is 0. The van der Waals surface area contributed by atoms with E-state index in [0.717, 1.165) is 49.6 Å². The molecule has 4 aromatic heterocycles. The molecule has 0 spiro atoms. The molecule has 7 aromatic carbocycles. The second-order valence-corrected chi connectivity index (χ2v) is 15.3. The molecule has 0 radical (unpaired) electrons. The lowest BCUT2D eigenvalue weighted by atomic mass is 10.00. The summed E-state index contributed by atoms with van der Waals surface area (Å²) in [5.41, 5.74) is 7.89. The van der Waals surface area contributed by atoms with Crippen LogP contribution in [0.15, 0.2) is 168 Å². The maximum atomic E-state index is 6.44. The highest BCUT2D eigenvalue weighted by Crippen LogP contribution is 2.38. The van der Waals surface area contributed by atoms with Gasteiger partial charge in [0.05, 0.1) is 0 Å². The van der Waals surface area contributed by atoms with E-state index in [2.05, 4.69) is 163 Å². The van der Waals surface area contributed by atoms with Crippen LogP contribution in [-0.4, -0.2) is 15.0 Å². The monoisotopic (exact) mass is 713 g/mol. The minimum absolute atomic E-state index is 0.596. The molecule has 0 fully saturated rings. The van der Waals surface area contributed by atoms with Gasteiger partial charge in [-0.05, 0) is 86.1 Å². The molecule has 4 heterocycles. The predicted molar refractivity (Wildman–Crippen MR) is 223 cm³/mol. The Hall–Kier alpha value is -6.47. The second-order valence-electron chi connectivity index (χ2n) is 13.3. The minimum atomic E-state index is 0.596. The van der Waals surface area contributed by atoms with Crippen LogP contribution >= 0.6 is 22.7 Å². The van der Waals surface area contributed by atoms with Crippen LogP contribution in [0.1, 0.15) is 0 Å². The molecule has 0 aliphatic carbocycles. The van der Waals surface area contributed by atoms with Crippen LogP contribution in [-0.2, 0) is 0 Å². The van der Waals surface area contributed by atoms with Crippen molar-refractivity contribution in [2.75, 3.05) is 0 Å². The van der Waals surface area contributed by atoms with Crippen LogP contribution < -0.4 is 0 Å². The van der Waals surface area contributed by atoms with Gasteiger partial charge in [0, 0.05) is 41.7 Å². The van der Waals surface area contributed by atoms with Gasteiger partial charge in [-0.2, -0.15) is 0 Å². The number of fused-ring (bicyclic) bond motifs is 6. The van der Waals surface area contributed by atoms with Gasteiger partial charge in [0.2, 0.25) is 0 Å². The third-order valence-electron chi connectivity index (χ3n) is 10.0. The summed E-state index contributed by atoms with van der Waals surface area (Å²) < 4.78 is 9.08. The number of thiophene rings is 2. The fraction of sp³-hybridized carbons (Fsp3) is 0. The van der Waals surface area contributed by atoms with E-state index in [1.165, 1.54) is 41.6 Å². The smallest absolute Gasteiger partial charge is 0.164 e. The molecule has 0 atom stereocenters. The molecule has 4 nitrogen and oxygen atoms in total. The highest BCUT2D eigenvalue weighted by Gasteiger charge is 2.16. The number of benzene rings is 7. The Morgan fingerprint density at radius 3 is 1.66 bits per heavy atom. The second kappa shape index (κ2) is 12.1. The van der Waals surface area contributed by atoms with E-state index >= 15 is 0 Å². The average Bonchev–Trinajstić information content (AvgIpc) is 3.94. The van der Waals surface area contributed by atoms with Gasteiger partial charge in [-0.15, -0.1) is 22.7 Å². The first-order valence-electron chi connectivity index (χ1n) is 17.5. The average molecular weight is 714 g/mol. The van der Waals surface area contributed by atoms with E-state index in [0.29, 0.717) is 17.5 Å². The molecular weight excluding hydrogens is 687 g/mol. The first-order valence-corrected chi connectivity index (χ1v) is 19.2. The molecule has 248 valence electrons. The zero-order valence-corrected chi connectivity index (χ0v) is 29.8. The number of rotatable bonds is 5. The predicted octanol–water partition coefficient (Wildman–Crippen LogP) is 13.7. The van der Waals surface area contributed by atoms with Crippen molar-refractivity contribution in [2.24, 2.45) is 0 Å². The zero-order valence-electron chi connectivity index (χ0n) is 28.2. The van der Waals surface area contributed by atoms with Crippen molar-refractivity contribution in [2.45, 2.75) is 0 Å². The minimum Gasteiger partial charge on any atom is -0.456 e. The Morgan fingerprint density at radius 1 is 0.377 bits per heavy atom. The highest BCUT2D eigenvalue weighted by atomic mass is 32.1. The third-order valence-corrected chi connectivity index (χ3v) is 12.2. The molecule has 0 aliphatic rings. The summed E-state index contributed by atoms with van der Waals surface area (Å²) in [6.07, 6.45) is 0. The summed E-state index contributed by atoms with van der Waals surface area (Å²) in [7, 11) is 0. The van der Waals surface area contributed by atoms with E-state index in [-0.39, 0.29) is 0 Å². The molecule has 0 unspecified atom stereocenters. The van der Waals surface area contributed by atoms with E-state index < -0.39 is 0 Å². The summed E-state index contributed by atoms with van der Waals surface area (Å²) in [4.78, 5) is 16.5. The molecule has 0 bridgehead atoms. The Kier molecular flexibility index (Phi) is 6.87. The van der Waals surface area contributed by atoms with Gasteiger partial charge in [0.25, 0.3) is 0 Å². The summed E-state index contributed by atoms with van der Waals surface area (Å²) >= 11 is 3.60. The topological polar surface area (TPSA) is 51.8 Å². The molecule has 0 saturated carbocycles. The number of aromatic nitrogens is 3. The highest BCUT2D eigenvalue weighted by molar-refractivity contribution is 7.28. The molecular formula is C47H27N3OS2. The lowest BCUT2D eigenvalue weighted by molar-refractivity contribution is 0.669. The van der Waals surface area contributed by atoms with E-state index in [1.807, 2.05) is 11.3 Å². The van der Waals surface area contributed by atoms with Crippen molar-refractivity contribution >= 4 is 75.6 Å². The lowest BCUT2D eigenvalue weighted by Crippen LogP contribution is -2.00. The Morgan fingerprint density at radius 2 is 0.943 bits per heavy atom. The molecule has 53 heavy (non-hydrogen) atoms. The van der Waals surface area contributed by atoms with Gasteiger partial charge in [-0.25, -0.2) is 15.0 Å². The molecule has 11 rings (SSSR count). The van der Waals surface area contributed by atoms with Gasteiger partial charge < -0.3 is 4.42 Å². The molecule has 11 aromatic rings. The normalized spacial score (nSPS) is 11.8. The molecule has 0 saturated heterocycles. The number of hydrogen-bond acceptors (Lipinski definition) is 6. The van der Waals surface area contributed by atoms with Crippen molar-refractivity contribution in [3.8, 4) is 55.7 Å². The van der Waals surface area contributed by atoms with Crippen LogP contribution in [0.4, 0.5) is 0 Å². The molecule has 0 amide bonds. The van der Waals surface area contributed by atoms with Crippen LogP contribution in [0, 0.1) is 0 Å². The zero-order chi connectivity index (χ0) is 34.9. The molecule has 0 N–H and O–H groups in total. The first kappa shape index (κ1) is 30.2. The van der Waals surface area contributed by atoms with Gasteiger partial charge in [-0.3, -0.25) is 0 Å². The van der Waals surface area contributed by atoms with Gasteiger partial charge in [0.1, 0.15) is 11.2 Å². The number of furan rings is 1. The summed E-state index contributed by atoms with van der Waals surface area (Å²) in [5, 5.41) is 9.11. The fourth-order valence-electron chi connectivity index (χ4n) is 7.24.